The molecular weight excluding hydrogens is 461 g/mol. The number of Topliss-reactive ketones (excluding diaryl/α,β-unsaturated/α-hetero) is 1. The summed E-state index contributed by atoms with van der Waals surface area (Å²) in [6, 6.07) is 5.14. The smallest absolute Gasteiger partial charge is 0.395 e. The zero-order valence-electron chi connectivity index (χ0n) is 14.9. The number of halogens is 8. The highest BCUT2D eigenvalue weighted by atomic mass is 35.5. The molecule has 0 aliphatic heterocycles. The SMILES string of the molecule is O=C(C(CO)c1ccc(Cl)c(C(F)(F)F)c1)C(CO)c1ccc(Cl)c(C(F)(F)F)c1. The van der Waals surface area contributed by atoms with E-state index in [2.05, 4.69) is 0 Å². The molecule has 2 aromatic rings. The molecule has 0 saturated heterocycles. The summed E-state index contributed by atoms with van der Waals surface area (Å²) in [5, 5.41) is 18.0. The maximum absolute atomic E-state index is 13.1. The topological polar surface area (TPSA) is 57.5 Å². The lowest BCUT2D eigenvalue weighted by Crippen LogP contribution is -2.26. The van der Waals surface area contributed by atoms with Gasteiger partial charge in [-0.3, -0.25) is 4.79 Å². The van der Waals surface area contributed by atoms with Gasteiger partial charge >= 0.3 is 12.4 Å². The van der Waals surface area contributed by atoms with Crippen molar-refractivity contribution in [3.63, 3.8) is 0 Å². The summed E-state index contributed by atoms with van der Waals surface area (Å²) in [6.07, 6.45) is -9.66. The molecule has 0 aliphatic rings. The van der Waals surface area contributed by atoms with Crippen molar-refractivity contribution in [1.82, 2.24) is 0 Å². The largest absolute Gasteiger partial charge is 0.417 e. The second-order valence-electron chi connectivity index (χ2n) is 6.35. The minimum Gasteiger partial charge on any atom is -0.395 e. The zero-order valence-corrected chi connectivity index (χ0v) is 16.4. The molecule has 11 heteroatoms. The van der Waals surface area contributed by atoms with Crippen LogP contribution in [0.1, 0.15) is 34.1 Å². The number of carbonyl (C=O) groups is 1. The van der Waals surface area contributed by atoms with E-state index in [4.69, 9.17) is 23.2 Å². The van der Waals surface area contributed by atoms with Crippen LogP contribution in [0.4, 0.5) is 26.3 Å². The highest BCUT2D eigenvalue weighted by Crippen LogP contribution is 2.39. The molecule has 2 atom stereocenters. The van der Waals surface area contributed by atoms with Crippen molar-refractivity contribution in [2.24, 2.45) is 0 Å². The number of benzene rings is 2. The number of carbonyl (C=O) groups excluding carboxylic acids is 1. The maximum atomic E-state index is 13.1. The van der Waals surface area contributed by atoms with Gasteiger partial charge in [0.2, 0.25) is 0 Å². The Morgan fingerprint density at radius 1 is 0.767 bits per heavy atom. The van der Waals surface area contributed by atoms with Gasteiger partial charge < -0.3 is 10.2 Å². The van der Waals surface area contributed by atoms with Gasteiger partial charge in [0.1, 0.15) is 0 Å². The van der Waals surface area contributed by atoms with Gasteiger partial charge in [0, 0.05) is 0 Å². The fourth-order valence-corrected chi connectivity index (χ4v) is 3.37. The van der Waals surface area contributed by atoms with Crippen LogP contribution in [0.25, 0.3) is 0 Å². The molecule has 2 rings (SSSR count). The molecule has 0 spiro atoms. The summed E-state index contributed by atoms with van der Waals surface area (Å²) in [7, 11) is 0. The van der Waals surface area contributed by atoms with Gasteiger partial charge in [0.15, 0.2) is 5.78 Å². The lowest BCUT2D eigenvalue weighted by molar-refractivity contribution is -0.138. The highest BCUT2D eigenvalue weighted by Gasteiger charge is 2.37. The van der Waals surface area contributed by atoms with E-state index in [0.29, 0.717) is 12.1 Å². The van der Waals surface area contributed by atoms with Gasteiger partial charge in [-0.2, -0.15) is 26.3 Å². The predicted molar refractivity (Wildman–Crippen MR) is 97.6 cm³/mol. The molecule has 0 radical (unpaired) electrons. The number of aliphatic hydroxyl groups excluding tert-OH is 2. The Morgan fingerprint density at radius 2 is 1.10 bits per heavy atom. The molecule has 164 valence electrons. The Bertz CT molecular complexity index is 854. The van der Waals surface area contributed by atoms with Gasteiger partial charge in [0.25, 0.3) is 0 Å². The molecular formula is C19H14Cl2F6O3. The molecule has 0 bridgehead atoms. The summed E-state index contributed by atoms with van der Waals surface area (Å²) in [5.74, 6) is -4.04. The van der Waals surface area contributed by atoms with E-state index >= 15 is 0 Å². The lowest BCUT2D eigenvalue weighted by Gasteiger charge is -2.22. The third-order valence-electron chi connectivity index (χ3n) is 4.45. The van der Waals surface area contributed by atoms with Gasteiger partial charge in [-0.1, -0.05) is 35.3 Å². The third-order valence-corrected chi connectivity index (χ3v) is 5.11. The molecule has 0 saturated carbocycles. The first-order chi connectivity index (χ1) is 13.8. The number of hydrogen-bond donors (Lipinski definition) is 2. The Balaban J connectivity index is 2.48. The van der Waals surface area contributed by atoms with Crippen LogP contribution in [0.5, 0.6) is 0 Å². The molecule has 0 heterocycles. The summed E-state index contributed by atoms with van der Waals surface area (Å²) in [6.45, 7) is -1.87. The molecule has 0 fully saturated rings. The number of rotatable bonds is 6. The van der Waals surface area contributed by atoms with E-state index in [9.17, 15) is 41.4 Å². The molecule has 0 amide bonds. The minimum atomic E-state index is -4.83. The van der Waals surface area contributed by atoms with Gasteiger partial charge in [-0.15, -0.1) is 0 Å². The Kier molecular flexibility index (Phi) is 7.45. The van der Waals surface area contributed by atoms with Crippen LogP contribution in [-0.4, -0.2) is 29.2 Å². The molecule has 0 aliphatic carbocycles. The summed E-state index contributed by atoms with van der Waals surface area (Å²) in [4.78, 5) is 12.8. The average molecular weight is 475 g/mol. The highest BCUT2D eigenvalue weighted by molar-refractivity contribution is 6.31. The van der Waals surface area contributed by atoms with Crippen molar-refractivity contribution in [2.75, 3.05) is 13.2 Å². The van der Waals surface area contributed by atoms with Crippen LogP contribution < -0.4 is 0 Å². The van der Waals surface area contributed by atoms with Gasteiger partial charge in [0.05, 0.1) is 46.2 Å². The predicted octanol–water partition coefficient (Wildman–Crippen LogP) is 5.45. The van der Waals surface area contributed by atoms with E-state index in [1.54, 1.807) is 0 Å². The second-order valence-corrected chi connectivity index (χ2v) is 7.16. The van der Waals surface area contributed by atoms with Crippen molar-refractivity contribution >= 4 is 29.0 Å². The molecule has 2 aromatic carbocycles. The third kappa shape index (κ3) is 5.26. The van der Waals surface area contributed by atoms with E-state index in [0.717, 1.165) is 24.3 Å². The molecule has 2 unspecified atom stereocenters. The number of aliphatic hydroxyl groups is 2. The van der Waals surface area contributed by atoms with Crippen LogP contribution in [-0.2, 0) is 17.1 Å². The van der Waals surface area contributed by atoms with Crippen molar-refractivity contribution in [3.8, 4) is 0 Å². The quantitative estimate of drug-likeness (QED) is 0.547. The van der Waals surface area contributed by atoms with Crippen LogP contribution in [0.2, 0.25) is 10.0 Å². The molecule has 30 heavy (non-hydrogen) atoms. The van der Waals surface area contributed by atoms with Crippen LogP contribution in [0.15, 0.2) is 36.4 Å². The van der Waals surface area contributed by atoms with Crippen LogP contribution in [0.3, 0.4) is 0 Å². The Labute approximate surface area is 176 Å². The van der Waals surface area contributed by atoms with Crippen molar-refractivity contribution in [3.05, 3.63) is 68.7 Å². The first-order valence-corrected chi connectivity index (χ1v) is 9.05. The lowest BCUT2D eigenvalue weighted by atomic mass is 9.83. The van der Waals surface area contributed by atoms with E-state index in [-0.39, 0.29) is 11.1 Å². The maximum Gasteiger partial charge on any atom is 0.417 e. The van der Waals surface area contributed by atoms with Gasteiger partial charge in [-0.05, 0) is 35.4 Å². The number of ketones is 1. The van der Waals surface area contributed by atoms with Crippen molar-refractivity contribution in [1.29, 1.82) is 0 Å². The summed E-state index contributed by atoms with van der Waals surface area (Å²) >= 11 is 11.1. The normalized spacial score (nSPS) is 14.5. The standard InChI is InChI=1S/C19H14Cl2F6O3/c20-15-3-1-9(5-13(15)18(22,23)24)11(7-28)17(30)12(8-29)10-2-4-16(21)14(6-10)19(25,26)27/h1-6,11-12,28-29H,7-8H2. The first-order valence-electron chi connectivity index (χ1n) is 8.30. The first kappa shape index (κ1) is 24.5. The summed E-state index contributed by atoms with van der Waals surface area (Å²) in [5.41, 5.74) is -2.97. The fourth-order valence-electron chi connectivity index (χ4n) is 2.92. The minimum absolute atomic E-state index is 0.248. The van der Waals surface area contributed by atoms with E-state index in [1.165, 1.54) is 0 Å². The number of hydrogen-bond acceptors (Lipinski definition) is 3. The molecule has 2 N–H and O–H groups in total. The number of alkyl halides is 6. The monoisotopic (exact) mass is 474 g/mol. The van der Waals surface area contributed by atoms with E-state index < -0.39 is 64.4 Å². The van der Waals surface area contributed by atoms with Crippen molar-refractivity contribution in [2.45, 2.75) is 24.2 Å². The van der Waals surface area contributed by atoms with Gasteiger partial charge in [-0.25, -0.2) is 0 Å². The van der Waals surface area contributed by atoms with Crippen LogP contribution in [0, 0.1) is 0 Å². The van der Waals surface area contributed by atoms with E-state index in [1.807, 2.05) is 0 Å². The molecule has 0 aromatic heterocycles. The molecule has 3 nitrogen and oxygen atoms in total. The van der Waals surface area contributed by atoms with Crippen LogP contribution >= 0.6 is 23.2 Å². The fraction of sp³-hybridized carbons (Fsp3) is 0.316. The zero-order chi connectivity index (χ0) is 22.9. The van der Waals surface area contributed by atoms with Crippen molar-refractivity contribution < 1.29 is 41.4 Å². The Hall–Kier alpha value is -1.81. The summed E-state index contributed by atoms with van der Waals surface area (Å²) < 4.78 is 78.5. The second kappa shape index (κ2) is 9.13. The Morgan fingerprint density at radius 3 is 1.37 bits per heavy atom. The average Bonchev–Trinajstić information content (AvgIpc) is 2.63.